The second-order valence-electron chi connectivity index (χ2n) is 6.49. The molecule has 0 saturated heterocycles. The van der Waals surface area contributed by atoms with E-state index in [0.29, 0.717) is 17.8 Å². The molecule has 158 valence electrons. The van der Waals surface area contributed by atoms with E-state index in [4.69, 9.17) is 4.74 Å². The number of benzene rings is 3. The van der Waals surface area contributed by atoms with E-state index in [1.54, 1.807) is 35.2 Å². The average Bonchev–Trinajstić information content (AvgIpc) is 2.79. The number of nitrogens with one attached hydrogen (secondary N) is 1. The maximum atomic E-state index is 13.1. The van der Waals surface area contributed by atoms with Gasteiger partial charge in [-0.1, -0.05) is 42.5 Å². The molecule has 0 aliphatic rings. The number of rotatable bonds is 8. The number of carbonyl (C=O) groups excluding carboxylic acids is 2. The van der Waals surface area contributed by atoms with Gasteiger partial charge in [0, 0.05) is 18.3 Å². The van der Waals surface area contributed by atoms with Crippen LogP contribution in [0.5, 0.6) is 5.75 Å². The molecule has 0 spiro atoms. The molecule has 0 saturated carbocycles. The molecular formula is C23H21N3O5. The first-order valence-corrected chi connectivity index (χ1v) is 9.63. The molecule has 3 aromatic rings. The van der Waals surface area contributed by atoms with Gasteiger partial charge in [-0.05, 0) is 37.3 Å². The minimum absolute atomic E-state index is 0.00625. The van der Waals surface area contributed by atoms with Crippen molar-refractivity contribution in [2.24, 2.45) is 0 Å². The number of anilines is 2. The van der Waals surface area contributed by atoms with Crippen molar-refractivity contribution in [3.63, 3.8) is 0 Å². The minimum Gasteiger partial charge on any atom is -0.477 e. The summed E-state index contributed by atoms with van der Waals surface area (Å²) in [5, 5.41) is 13.7. The van der Waals surface area contributed by atoms with Crippen LogP contribution in [0.25, 0.3) is 0 Å². The molecule has 2 amide bonds. The summed E-state index contributed by atoms with van der Waals surface area (Å²) < 4.78 is 5.32. The second-order valence-corrected chi connectivity index (χ2v) is 6.49. The number of nitrogens with zero attached hydrogens (tertiary/aromatic N) is 2. The molecule has 0 fully saturated rings. The van der Waals surface area contributed by atoms with Gasteiger partial charge in [0.1, 0.15) is 0 Å². The summed E-state index contributed by atoms with van der Waals surface area (Å²) in [6.45, 7) is 1.88. The summed E-state index contributed by atoms with van der Waals surface area (Å²) >= 11 is 0. The van der Waals surface area contributed by atoms with Gasteiger partial charge in [0.25, 0.3) is 11.8 Å². The van der Waals surface area contributed by atoms with Crippen LogP contribution in [0.1, 0.15) is 17.3 Å². The molecule has 1 N–H and O–H groups in total. The summed E-state index contributed by atoms with van der Waals surface area (Å²) in [6, 6.07) is 21.7. The molecule has 0 unspecified atom stereocenters. The Bertz CT molecular complexity index is 1090. The zero-order chi connectivity index (χ0) is 22.2. The fourth-order valence-corrected chi connectivity index (χ4v) is 3.04. The summed E-state index contributed by atoms with van der Waals surface area (Å²) in [5.41, 5.74) is 1.17. The van der Waals surface area contributed by atoms with E-state index in [9.17, 15) is 19.7 Å². The first kappa shape index (κ1) is 21.5. The molecular weight excluding hydrogens is 398 g/mol. The van der Waals surface area contributed by atoms with Crippen LogP contribution < -0.4 is 15.0 Å². The first-order chi connectivity index (χ1) is 15.0. The zero-order valence-corrected chi connectivity index (χ0v) is 16.9. The average molecular weight is 419 g/mol. The lowest BCUT2D eigenvalue weighted by Crippen LogP contribution is -2.32. The SMILES string of the molecule is CCN(C(=O)c1ccccc1NC(=O)COc1ccccc1[N+](=O)[O-])c1ccccc1. The predicted molar refractivity (Wildman–Crippen MR) is 117 cm³/mol. The van der Waals surface area contributed by atoms with Gasteiger partial charge in [0.2, 0.25) is 0 Å². The van der Waals surface area contributed by atoms with Crippen LogP contribution >= 0.6 is 0 Å². The highest BCUT2D eigenvalue weighted by atomic mass is 16.6. The molecule has 3 aromatic carbocycles. The predicted octanol–water partition coefficient (Wildman–Crippen LogP) is 4.28. The van der Waals surface area contributed by atoms with Gasteiger partial charge in [-0.3, -0.25) is 19.7 Å². The second kappa shape index (κ2) is 10.0. The third-order valence-electron chi connectivity index (χ3n) is 4.48. The van der Waals surface area contributed by atoms with Crippen LogP contribution in [0, 0.1) is 10.1 Å². The van der Waals surface area contributed by atoms with Gasteiger partial charge in [0.15, 0.2) is 12.4 Å². The van der Waals surface area contributed by atoms with Gasteiger partial charge in [0.05, 0.1) is 16.2 Å². The number of carbonyl (C=O) groups is 2. The van der Waals surface area contributed by atoms with Gasteiger partial charge in [-0.2, -0.15) is 0 Å². The van der Waals surface area contributed by atoms with Crippen LogP contribution in [0.2, 0.25) is 0 Å². The van der Waals surface area contributed by atoms with E-state index in [2.05, 4.69) is 5.32 Å². The summed E-state index contributed by atoms with van der Waals surface area (Å²) in [5.74, 6) is -0.807. The Morgan fingerprint density at radius 3 is 2.32 bits per heavy atom. The Hall–Kier alpha value is -4.20. The zero-order valence-electron chi connectivity index (χ0n) is 16.9. The monoisotopic (exact) mass is 419 g/mol. The Kier molecular flexibility index (Phi) is 6.95. The quantitative estimate of drug-likeness (QED) is 0.434. The molecule has 0 bridgehead atoms. The molecule has 31 heavy (non-hydrogen) atoms. The number of nitro groups is 1. The topological polar surface area (TPSA) is 102 Å². The van der Waals surface area contributed by atoms with Crippen molar-refractivity contribution in [3.8, 4) is 5.75 Å². The van der Waals surface area contributed by atoms with Crippen molar-refractivity contribution in [1.82, 2.24) is 0 Å². The fraction of sp³-hybridized carbons (Fsp3) is 0.130. The number of ether oxygens (including phenoxy) is 1. The largest absolute Gasteiger partial charge is 0.477 e. The lowest BCUT2D eigenvalue weighted by atomic mass is 10.1. The van der Waals surface area contributed by atoms with Crippen molar-refractivity contribution < 1.29 is 19.2 Å². The Morgan fingerprint density at radius 1 is 0.968 bits per heavy atom. The van der Waals surface area contributed by atoms with E-state index >= 15 is 0 Å². The van der Waals surface area contributed by atoms with Crippen molar-refractivity contribution in [2.75, 3.05) is 23.4 Å². The molecule has 0 atom stereocenters. The molecule has 0 radical (unpaired) electrons. The third-order valence-corrected chi connectivity index (χ3v) is 4.48. The highest BCUT2D eigenvalue weighted by Crippen LogP contribution is 2.26. The molecule has 8 heteroatoms. The molecule has 3 rings (SSSR count). The Balaban J connectivity index is 1.74. The number of para-hydroxylation sites is 4. The van der Waals surface area contributed by atoms with Gasteiger partial charge < -0.3 is 15.0 Å². The number of amides is 2. The summed E-state index contributed by atoms with van der Waals surface area (Å²) in [4.78, 5) is 37.7. The molecule has 0 heterocycles. The van der Waals surface area contributed by atoms with Crippen LogP contribution in [0.15, 0.2) is 78.9 Å². The highest BCUT2D eigenvalue weighted by molar-refractivity contribution is 6.11. The lowest BCUT2D eigenvalue weighted by molar-refractivity contribution is -0.385. The maximum absolute atomic E-state index is 13.1. The number of nitro benzene ring substituents is 1. The van der Waals surface area contributed by atoms with Crippen molar-refractivity contribution in [3.05, 3.63) is 94.5 Å². The number of hydrogen-bond acceptors (Lipinski definition) is 5. The van der Waals surface area contributed by atoms with Gasteiger partial charge in [-0.15, -0.1) is 0 Å². The van der Waals surface area contributed by atoms with E-state index in [-0.39, 0.29) is 17.3 Å². The van der Waals surface area contributed by atoms with Crippen molar-refractivity contribution >= 4 is 28.9 Å². The molecule has 0 aliphatic carbocycles. The van der Waals surface area contributed by atoms with E-state index in [0.717, 1.165) is 5.69 Å². The van der Waals surface area contributed by atoms with Crippen molar-refractivity contribution in [1.29, 1.82) is 0 Å². The third kappa shape index (κ3) is 5.24. The van der Waals surface area contributed by atoms with Crippen LogP contribution in [0.4, 0.5) is 17.1 Å². The first-order valence-electron chi connectivity index (χ1n) is 9.63. The fourth-order valence-electron chi connectivity index (χ4n) is 3.04. The summed E-state index contributed by atoms with van der Waals surface area (Å²) in [7, 11) is 0. The molecule has 0 aromatic heterocycles. The normalized spacial score (nSPS) is 10.2. The number of hydrogen-bond donors (Lipinski definition) is 1. The minimum atomic E-state index is -0.579. The molecule has 0 aliphatic heterocycles. The van der Waals surface area contributed by atoms with Gasteiger partial charge in [-0.25, -0.2) is 0 Å². The van der Waals surface area contributed by atoms with Crippen LogP contribution in [-0.4, -0.2) is 29.9 Å². The van der Waals surface area contributed by atoms with Crippen molar-refractivity contribution in [2.45, 2.75) is 6.92 Å². The van der Waals surface area contributed by atoms with E-state index < -0.39 is 17.4 Å². The van der Waals surface area contributed by atoms with Crippen LogP contribution in [0.3, 0.4) is 0 Å². The summed E-state index contributed by atoms with van der Waals surface area (Å²) in [6.07, 6.45) is 0. The standard InChI is InChI=1S/C23H21N3O5/c1-2-25(17-10-4-3-5-11-17)23(28)18-12-6-7-13-19(18)24-22(27)16-31-21-15-9-8-14-20(21)26(29)30/h3-15H,2,16H2,1H3,(H,24,27). The van der Waals surface area contributed by atoms with Crippen LogP contribution in [-0.2, 0) is 4.79 Å². The highest BCUT2D eigenvalue weighted by Gasteiger charge is 2.20. The lowest BCUT2D eigenvalue weighted by Gasteiger charge is -2.22. The van der Waals surface area contributed by atoms with E-state index in [1.807, 2.05) is 37.3 Å². The maximum Gasteiger partial charge on any atom is 0.310 e. The smallest absolute Gasteiger partial charge is 0.310 e. The van der Waals surface area contributed by atoms with Gasteiger partial charge >= 0.3 is 5.69 Å². The Labute approximate surface area is 179 Å². The molecule has 8 nitrogen and oxygen atoms in total. The Morgan fingerprint density at radius 2 is 1.61 bits per heavy atom. The van der Waals surface area contributed by atoms with E-state index in [1.165, 1.54) is 18.2 Å².